The van der Waals surface area contributed by atoms with Gasteiger partial charge in [0.1, 0.15) is 11.5 Å². The number of carbonyl (C=O) groups excluding carboxylic acids is 1. The molecule has 1 atom stereocenters. The molecule has 5 nitrogen and oxygen atoms in total. The SMILES string of the molecule is C[C@H]1CN(C(=O)c2cc(C(F)(F)F)n(C)n2)CCN1CCc1ccc(F)cc1. The second kappa shape index (κ2) is 7.90. The maximum Gasteiger partial charge on any atom is 0.433 e. The number of rotatable bonds is 4. The minimum Gasteiger partial charge on any atom is -0.334 e. The molecule has 1 aliphatic rings. The highest BCUT2D eigenvalue weighted by Crippen LogP contribution is 2.29. The minimum atomic E-state index is -4.55. The number of carbonyl (C=O) groups is 1. The molecule has 0 saturated carbocycles. The van der Waals surface area contributed by atoms with Crippen LogP contribution < -0.4 is 0 Å². The van der Waals surface area contributed by atoms with E-state index in [1.165, 1.54) is 19.2 Å². The first-order valence-corrected chi connectivity index (χ1v) is 9.04. The Kier molecular flexibility index (Phi) is 5.74. The Labute approximate surface area is 160 Å². The van der Waals surface area contributed by atoms with Crippen LogP contribution in [0.4, 0.5) is 17.6 Å². The minimum absolute atomic E-state index is 0.0592. The number of piperazine rings is 1. The summed E-state index contributed by atoms with van der Waals surface area (Å²) in [6, 6.07) is 7.21. The normalized spacial score (nSPS) is 18.5. The van der Waals surface area contributed by atoms with Gasteiger partial charge in [0.15, 0.2) is 5.69 Å². The monoisotopic (exact) mass is 398 g/mol. The Morgan fingerprint density at radius 3 is 2.46 bits per heavy atom. The van der Waals surface area contributed by atoms with Crippen molar-refractivity contribution in [1.82, 2.24) is 19.6 Å². The third-order valence-corrected chi connectivity index (χ3v) is 5.04. The molecule has 1 aromatic heterocycles. The summed E-state index contributed by atoms with van der Waals surface area (Å²) in [5.74, 6) is -0.761. The van der Waals surface area contributed by atoms with Crippen LogP contribution in [0.5, 0.6) is 0 Å². The van der Waals surface area contributed by atoms with Crippen LogP contribution in [0, 0.1) is 5.82 Å². The first kappa shape index (κ1) is 20.3. The van der Waals surface area contributed by atoms with Crippen LogP contribution in [0.15, 0.2) is 30.3 Å². The zero-order chi connectivity index (χ0) is 20.5. The predicted molar refractivity (Wildman–Crippen MR) is 95.3 cm³/mol. The van der Waals surface area contributed by atoms with E-state index in [4.69, 9.17) is 0 Å². The Bertz CT molecular complexity index is 831. The summed E-state index contributed by atoms with van der Waals surface area (Å²) in [5, 5.41) is 3.74. The van der Waals surface area contributed by atoms with E-state index in [-0.39, 0.29) is 17.6 Å². The highest BCUT2D eigenvalue weighted by Gasteiger charge is 2.37. The van der Waals surface area contributed by atoms with Gasteiger partial charge in [-0.2, -0.15) is 18.3 Å². The Balaban J connectivity index is 1.58. The maximum atomic E-state index is 13.0. The molecule has 3 rings (SSSR count). The average molecular weight is 398 g/mol. The Morgan fingerprint density at radius 1 is 1.21 bits per heavy atom. The lowest BCUT2D eigenvalue weighted by Gasteiger charge is -2.39. The molecule has 0 spiro atoms. The van der Waals surface area contributed by atoms with Crippen molar-refractivity contribution in [2.24, 2.45) is 7.05 Å². The third kappa shape index (κ3) is 4.52. The van der Waals surface area contributed by atoms with E-state index in [1.54, 1.807) is 17.0 Å². The molecular weight excluding hydrogens is 376 g/mol. The van der Waals surface area contributed by atoms with Gasteiger partial charge >= 0.3 is 6.18 Å². The van der Waals surface area contributed by atoms with Crippen molar-refractivity contribution < 1.29 is 22.4 Å². The second-order valence-corrected chi connectivity index (χ2v) is 7.05. The number of nitrogens with zero attached hydrogens (tertiary/aromatic N) is 4. The molecule has 9 heteroatoms. The van der Waals surface area contributed by atoms with Gasteiger partial charge in [-0.3, -0.25) is 14.4 Å². The number of alkyl halides is 3. The summed E-state index contributed by atoms with van der Waals surface area (Å²) in [4.78, 5) is 16.3. The Morgan fingerprint density at radius 2 is 1.89 bits per heavy atom. The van der Waals surface area contributed by atoms with Crippen LogP contribution in [-0.4, -0.2) is 57.7 Å². The molecular formula is C19H22F4N4O. The van der Waals surface area contributed by atoms with Crippen LogP contribution in [-0.2, 0) is 19.6 Å². The van der Waals surface area contributed by atoms with Crippen molar-refractivity contribution in [3.63, 3.8) is 0 Å². The van der Waals surface area contributed by atoms with Crippen LogP contribution >= 0.6 is 0 Å². The molecule has 1 aromatic carbocycles. The summed E-state index contributed by atoms with van der Waals surface area (Å²) in [5.41, 5.74) is -0.108. The average Bonchev–Trinajstić information content (AvgIpc) is 3.03. The lowest BCUT2D eigenvalue weighted by Crippen LogP contribution is -2.54. The van der Waals surface area contributed by atoms with E-state index < -0.39 is 17.8 Å². The lowest BCUT2D eigenvalue weighted by molar-refractivity contribution is -0.143. The smallest absolute Gasteiger partial charge is 0.334 e. The number of aromatic nitrogens is 2. The fourth-order valence-corrected chi connectivity index (χ4v) is 3.43. The molecule has 0 unspecified atom stereocenters. The van der Waals surface area contributed by atoms with Crippen LogP contribution in [0.3, 0.4) is 0 Å². The zero-order valence-corrected chi connectivity index (χ0v) is 15.7. The second-order valence-electron chi connectivity index (χ2n) is 7.05. The number of hydrogen-bond donors (Lipinski definition) is 0. The van der Waals surface area contributed by atoms with Gasteiger partial charge in [-0.15, -0.1) is 0 Å². The van der Waals surface area contributed by atoms with Crippen LogP contribution in [0.1, 0.15) is 28.7 Å². The molecule has 1 saturated heterocycles. The topological polar surface area (TPSA) is 41.4 Å². The number of amides is 1. The van der Waals surface area contributed by atoms with Crippen molar-refractivity contribution in [2.45, 2.75) is 25.6 Å². The van der Waals surface area contributed by atoms with E-state index in [1.807, 2.05) is 6.92 Å². The molecule has 152 valence electrons. The van der Waals surface area contributed by atoms with Crippen molar-refractivity contribution in [3.8, 4) is 0 Å². The lowest BCUT2D eigenvalue weighted by atomic mass is 10.1. The molecule has 0 N–H and O–H groups in total. The van der Waals surface area contributed by atoms with Crippen LogP contribution in [0.2, 0.25) is 0 Å². The van der Waals surface area contributed by atoms with E-state index in [9.17, 15) is 22.4 Å². The van der Waals surface area contributed by atoms with Gasteiger partial charge in [-0.05, 0) is 31.0 Å². The Hall–Kier alpha value is -2.42. The van der Waals surface area contributed by atoms with Gasteiger partial charge in [0.05, 0.1) is 0 Å². The molecule has 1 amide bonds. The highest BCUT2D eigenvalue weighted by atomic mass is 19.4. The van der Waals surface area contributed by atoms with Crippen molar-refractivity contribution in [2.75, 3.05) is 26.2 Å². The molecule has 2 heterocycles. The third-order valence-electron chi connectivity index (χ3n) is 5.04. The molecule has 1 aliphatic heterocycles. The van der Waals surface area contributed by atoms with Crippen LogP contribution in [0.25, 0.3) is 0 Å². The number of aryl methyl sites for hydroxylation is 1. The molecule has 0 radical (unpaired) electrons. The van der Waals surface area contributed by atoms with Crippen molar-refractivity contribution in [3.05, 3.63) is 53.1 Å². The fraction of sp³-hybridized carbons (Fsp3) is 0.474. The first-order valence-electron chi connectivity index (χ1n) is 9.04. The molecule has 28 heavy (non-hydrogen) atoms. The molecule has 0 aliphatic carbocycles. The quantitative estimate of drug-likeness (QED) is 0.744. The molecule has 0 bridgehead atoms. The van der Waals surface area contributed by atoms with Crippen molar-refractivity contribution >= 4 is 5.91 Å². The summed E-state index contributed by atoms with van der Waals surface area (Å²) < 4.78 is 52.4. The standard InChI is InChI=1S/C19H22F4N4O/c1-13-12-27(18(28)16-11-17(19(21,22)23)25(2)24-16)10-9-26(13)8-7-14-3-5-15(20)6-4-14/h3-6,11,13H,7-10,12H2,1-2H3/t13-/m0/s1. The summed E-state index contributed by atoms with van der Waals surface area (Å²) in [7, 11) is 1.18. The number of hydrogen-bond acceptors (Lipinski definition) is 3. The largest absolute Gasteiger partial charge is 0.433 e. The van der Waals surface area contributed by atoms with Gasteiger partial charge in [0, 0.05) is 45.3 Å². The van der Waals surface area contributed by atoms with E-state index in [2.05, 4.69) is 10.00 Å². The van der Waals surface area contributed by atoms with Gasteiger partial charge in [-0.25, -0.2) is 4.39 Å². The van der Waals surface area contributed by atoms with E-state index in [0.29, 0.717) is 24.3 Å². The maximum absolute atomic E-state index is 13.0. The summed E-state index contributed by atoms with van der Waals surface area (Å²) in [6.45, 7) is 4.19. The fourth-order valence-electron chi connectivity index (χ4n) is 3.43. The molecule has 1 fully saturated rings. The number of halogens is 4. The van der Waals surface area contributed by atoms with Gasteiger partial charge < -0.3 is 4.90 Å². The van der Waals surface area contributed by atoms with Gasteiger partial charge in [0.25, 0.3) is 5.91 Å². The summed E-state index contributed by atoms with van der Waals surface area (Å²) >= 11 is 0. The van der Waals surface area contributed by atoms with E-state index in [0.717, 1.165) is 24.6 Å². The van der Waals surface area contributed by atoms with Gasteiger partial charge in [-0.1, -0.05) is 12.1 Å². The predicted octanol–water partition coefficient (Wildman–Crippen LogP) is 2.97. The summed E-state index contributed by atoms with van der Waals surface area (Å²) in [6.07, 6.45) is -3.79. The van der Waals surface area contributed by atoms with E-state index >= 15 is 0 Å². The molecule has 2 aromatic rings. The zero-order valence-electron chi connectivity index (χ0n) is 15.7. The first-order chi connectivity index (χ1) is 13.1. The number of benzene rings is 1. The van der Waals surface area contributed by atoms with Crippen molar-refractivity contribution in [1.29, 1.82) is 0 Å². The highest BCUT2D eigenvalue weighted by molar-refractivity contribution is 5.92. The van der Waals surface area contributed by atoms with Gasteiger partial charge in [0.2, 0.25) is 0 Å².